The van der Waals surface area contributed by atoms with Crippen molar-refractivity contribution >= 4 is 45.6 Å². The van der Waals surface area contributed by atoms with Gasteiger partial charge in [0.2, 0.25) is 5.95 Å². The molecule has 10 nitrogen and oxygen atoms in total. The number of imidazole rings is 1. The number of nitro benzene ring substituents is 1. The van der Waals surface area contributed by atoms with Crippen molar-refractivity contribution in [2.75, 3.05) is 24.1 Å². The third-order valence-electron chi connectivity index (χ3n) is 6.35. The van der Waals surface area contributed by atoms with E-state index in [2.05, 4.69) is 14.6 Å². The zero-order valence-corrected chi connectivity index (χ0v) is 21.9. The molecule has 6 rings (SSSR count). The number of benzene rings is 2. The maximum absolute atomic E-state index is 11.8. The summed E-state index contributed by atoms with van der Waals surface area (Å²) in [6.07, 6.45) is 5.68. The van der Waals surface area contributed by atoms with Crippen LogP contribution in [0.2, 0.25) is 0 Å². The molecule has 5 aromatic rings. The molecule has 0 saturated carbocycles. The van der Waals surface area contributed by atoms with Crippen LogP contribution in [0.4, 0.5) is 17.3 Å². The summed E-state index contributed by atoms with van der Waals surface area (Å²) in [7, 11) is 0. The van der Waals surface area contributed by atoms with E-state index in [9.17, 15) is 10.1 Å². The molecule has 0 unspecified atom stereocenters. The number of fused-ring (bicyclic) bond motifs is 1. The second-order valence-electron chi connectivity index (χ2n) is 8.94. The number of nitrogens with two attached hydrogens (primary N) is 1. The van der Waals surface area contributed by atoms with Crippen molar-refractivity contribution in [2.45, 2.75) is 23.8 Å². The molecule has 3 aromatic heterocycles. The lowest BCUT2D eigenvalue weighted by Crippen LogP contribution is -2.38. The van der Waals surface area contributed by atoms with Gasteiger partial charge < -0.3 is 11.1 Å². The Balaban J connectivity index is 1.27. The SMILES string of the molecule is Nc1ccc(SN2CCC[C@@H](Nc3nccc(-c4c(-c5ccccc5[N+](=O)[O-])nc5sccn45)n3)C2)cc1. The van der Waals surface area contributed by atoms with Crippen LogP contribution in [-0.4, -0.2) is 47.7 Å². The molecule has 192 valence electrons. The fourth-order valence-electron chi connectivity index (χ4n) is 4.61. The number of thiazole rings is 1. The summed E-state index contributed by atoms with van der Waals surface area (Å²) in [5.74, 6) is 0.519. The number of rotatable bonds is 7. The molecule has 1 aliphatic heterocycles. The van der Waals surface area contributed by atoms with Gasteiger partial charge >= 0.3 is 0 Å². The van der Waals surface area contributed by atoms with Gasteiger partial charge in [-0.05, 0) is 61.2 Å². The number of hydrogen-bond donors (Lipinski definition) is 2. The van der Waals surface area contributed by atoms with Gasteiger partial charge in [-0.15, -0.1) is 11.3 Å². The first-order valence-corrected chi connectivity index (χ1v) is 13.8. The Hall–Kier alpha value is -4.00. The normalized spacial score (nSPS) is 16.1. The minimum Gasteiger partial charge on any atom is -0.399 e. The highest BCUT2D eigenvalue weighted by molar-refractivity contribution is 7.97. The summed E-state index contributed by atoms with van der Waals surface area (Å²) in [6, 6.07) is 16.6. The van der Waals surface area contributed by atoms with E-state index in [4.69, 9.17) is 15.7 Å². The predicted molar refractivity (Wildman–Crippen MR) is 151 cm³/mol. The summed E-state index contributed by atoms with van der Waals surface area (Å²) in [4.78, 5) is 27.3. The average Bonchev–Trinajstić information content (AvgIpc) is 3.52. The maximum atomic E-state index is 11.8. The van der Waals surface area contributed by atoms with Gasteiger partial charge in [0, 0.05) is 53.6 Å². The Labute approximate surface area is 226 Å². The molecule has 1 aliphatic rings. The van der Waals surface area contributed by atoms with Crippen LogP contribution in [0.15, 0.2) is 77.3 Å². The highest BCUT2D eigenvalue weighted by Gasteiger charge is 2.25. The minimum atomic E-state index is -0.378. The number of nitrogen functional groups attached to an aromatic ring is 1. The van der Waals surface area contributed by atoms with Crippen LogP contribution in [0.3, 0.4) is 0 Å². The Kier molecular flexibility index (Phi) is 6.66. The average molecular weight is 545 g/mol. The van der Waals surface area contributed by atoms with Crippen LogP contribution in [0.25, 0.3) is 27.6 Å². The number of para-hydroxylation sites is 1. The Morgan fingerprint density at radius 1 is 1.13 bits per heavy atom. The zero-order valence-electron chi connectivity index (χ0n) is 20.2. The minimum absolute atomic E-state index is 0.00723. The second kappa shape index (κ2) is 10.4. The monoisotopic (exact) mass is 544 g/mol. The van der Waals surface area contributed by atoms with Crippen LogP contribution in [-0.2, 0) is 0 Å². The van der Waals surface area contributed by atoms with E-state index in [1.165, 1.54) is 17.4 Å². The van der Waals surface area contributed by atoms with Crippen molar-refractivity contribution < 1.29 is 4.92 Å². The van der Waals surface area contributed by atoms with E-state index in [0.717, 1.165) is 41.5 Å². The van der Waals surface area contributed by atoms with Crippen molar-refractivity contribution in [3.63, 3.8) is 0 Å². The van der Waals surface area contributed by atoms with Gasteiger partial charge in [0.25, 0.3) is 5.69 Å². The molecule has 38 heavy (non-hydrogen) atoms. The first kappa shape index (κ1) is 24.3. The van der Waals surface area contributed by atoms with Gasteiger partial charge in [0.05, 0.1) is 16.2 Å². The summed E-state index contributed by atoms with van der Waals surface area (Å²) >= 11 is 3.19. The van der Waals surface area contributed by atoms with Gasteiger partial charge in [-0.2, -0.15) is 0 Å². The van der Waals surface area contributed by atoms with Crippen molar-refractivity contribution in [2.24, 2.45) is 0 Å². The van der Waals surface area contributed by atoms with Gasteiger partial charge in [-0.1, -0.05) is 12.1 Å². The van der Waals surface area contributed by atoms with Crippen molar-refractivity contribution in [3.05, 3.63) is 82.5 Å². The molecule has 0 aliphatic carbocycles. The predicted octanol–water partition coefficient (Wildman–Crippen LogP) is 5.59. The number of hydrogen-bond acceptors (Lipinski definition) is 10. The largest absolute Gasteiger partial charge is 0.399 e. The maximum Gasteiger partial charge on any atom is 0.278 e. The molecular weight excluding hydrogens is 520 g/mol. The van der Waals surface area contributed by atoms with Crippen LogP contribution < -0.4 is 11.1 Å². The number of piperidine rings is 1. The Morgan fingerprint density at radius 3 is 2.82 bits per heavy atom. The van der Waals surface area contributed by atoms with E-state index < -0.39 is 0 Å². The third-order valence-corrected chi connectivity index (χ3v) is 8.18. The molecule has 3 N–H and O–H groups in total. The smallest absolute Gasteiger partial charge is 0.278 e. The molecule has 0 spiro atoms. The molecule has 1 fully saturated rings. The van der Waals surface area contributed by atoms with Crippen molar-refractivity contribution in [1.29, 1.82) is 0 Å². The fraction of sp³-hybridized carbons (Fsp3) is 0.192. The molecule has 0 amide bonds. The fourth-order valence-corrected chi connectivity index (χ4v) is 6.36. The van der Waals surface area contributed by atoms with E-state index in [1.54, 1.807) is 36.3 Å². The molecule has 12 heteroatoms. The lowest BCUT2D eigenvalue weighted by atomic mass is 10.1. The number of aromatic nitrogens is 4. The summed E-state index contributed by atoms with van der Waals surface area (Å²) in [6.45, 7) is 1.84. The second-order valence-corrected chi connectivity index (χ2v) is 11.0. The first-order chi connectivity index (χ1) is 18.5. The van der Waals surface area contributed by atoms with Gasteiger partial charge in [0.15, 0.2) is 4.96 Å². The van der Waals surface area contributed by atoms with E-state index >= 15 is 0 Å². The highest BCUT2D eigenvalue weighted by atomic mass is 32.2. The van der Waals surface area contributed by atoms with Gasteiger partial charge in [-0.3, -0.25) is 14.5 Å². The summed E-state index contributed by atoms with van der Waals surface area (Å²) < 4.78 is 4.27. The number of nitro groups is 1. The van der Waals surface area contributed by atoms with Gasteiger partial charge in [0.1, 0.15) is 11.4 Å². The molecule has 1 atom stereocenters. The van der Waals surface area contributed by atoms with E-state index in [-0.39, 0.29) is 16.7 Å². The summed E-state index contributed by atoms with van der Waals surface area (Å²) in [5, 5.41) is 17.2. The third kappa shape index (κ3) is 4.93. The first-order valence-electron chi connectivity index (χ1n) is 12.1. The van der Waals surface area contributed by atoms with E-state index in [0.29, 0.717) is 28.6 Å². The zero-order chi connectivity index (χ0) is 26.1. The molecule has 0 radical (unpaired) electrons. The topological polar surface area (TPSA) is 128 Å². The number of nitrogens with one attached hydrogen (secondary N) is 1. The molecule has 4 heterocycles. The van der Waals surface area contributed by atoms with Crippen LogP contribution in [0, 0.1) is 10.1 Å². The Morgan fingerprint density at radius 2 is 1.97 bits per heavy atom. The lowest BCUT2D eigenvalue weighted by Gasteiger charge is -2.32. The van der Waals surface area contributed by atoms with E-state index in [1.807, 2.05) is 46.3 Å². The van der Waals surface area contributed by atoms with Gasteiger partial charge in [-0.25, -0.2) is 19.3 Å². The molecular formula is C26H24N8O2S2. The van der Waals surface area contributed by atoms with Crippen LogP contribution >= 0.6 is 23.3 Å². The Bertz CT molecular complexity index is 1600. The van der Waals surface area contributed by atoms with Crippen molar-refractivity contribution in [1.82, 2.24) is 23.7 Å². The van der Waals surface area contributed by atoms with Crippen LogP contribution in [0.1, 0.15) is 12.8 Å². The quantitative estimate of drug-likeness (QED) is 0.117. The standard InChI is InChI=1S/C26H24N8O2S2/c27-17-7-9-19(10-8-17)38-32-13-3-4-18(16-32)29-25-28-12-11-21(30-25)24-23(31-26-33(24)14-15-37-26)20-5-1-2-6-22(20)34(35)36/h1-2,5-12,14-15,18H,3-4,13,16,27H2,(H,28,29,30)/t18-/m1/s1. The molecule has 0 bridgehead atoms. The van der Waals surface area contributed by atoms with Crippen molar-refractivity contribution in [3.8, 4) is 22.6 Å². The summed E-state index contributed by atoms with van der Waals surface area (Å²) in [5.41, 5.74) is 8.91. The molecule has 2 aromatic carbocycles. The number of nitrogens with zero attached hydrogens (tertiary/aromatic N) is 6. The highest BCUT2D eigenvalue weighted by Crippen LogP contribution is 2.38. The van der Waals surface area contributed by atoms with Crippen LogP contribution in [0.5, 0.6) is 0 Å². The molecule has 1 saturated heterocycles. The number of anilines is 2. The lowest BCUT2D eigenvalue weighted by molar-refractivity contribution is -0.384.